The molecule has 0 saturated heterocycles. The van der Waals surface area contributed by atoms with Gasteiger partial charge in [-0.05, 0) is 35.6 Å². The number of rotatable bonds is 6. The number of carbonyl (C=O) groups is 1. The maximum atomic E-state index is 12.3. The summed E-state index contributed by atoms with van der Waals surface area (Å²) in [5, 5.41) is 11.6. The van der Waals surface area contributed by atoms with E-state index in [0.717, 1.165) is 0 Å². The van der Waals surface area contributed by atoms with Crippen LogP contribution in [0.25, 0.3) is 0 Å². The van der Waals surface area contributed by atoms with Gasteiger partial charge in [0.1, 0.15) is 0 Å². The molecule has 1 aromatic carbocycles. The summed E-state index contributed by atoms with van der Waals surface area (Å²) in [4.78, 5) is 11.4. The third kappa shape index (κ3) is 3.81. The first-order chi connectivity index (χ1) is 9.73. The Morgan fingerprint density at radius 3 is 2.76 bits per heavy atom. The van der Waals surface area contributed by atoms with Gasteiger partial charge in [-0.3, -0.25) is 4.79 Å². The second-order valence-corrected chi connectivity index (χ2v) is 7.77. The summed E-state index contributed by atoms with van der Waals surface area (Å²) >= 11 is 0. The Morgan fingerprint density at radius 1 is 1.38 bits per heavy atom. The van der Waals surface area contributed by atoms with E-state index in [1.54, 1.807) is 6.07 Å². The highest BCUT2D eigenvalue weighted by Crippen LogP contribution is 2.26. The molecule has 1 aliphatic rings. The molecule has 0 radical (unpaired) electrons. The van der Waals surface area contributed by atoms with Gasteiger partial charge in [0.25, 0.3) is 0 Å². The number of amides is 1. The van der Waals surface area contributed by atoms with Gasteiger partial charge < -0.3 is 10.4 Å². The number of carbonyl (C=O) groups excluding carboxylic acids is 1. The molecule has 3 N–H and O–H groups in total. The fraction of sp³-hybridized carbons (Fsp3) is 0.500. The predicted octanol–water partition coefficient (Wildman–Crippen LogP) is 0.868. The highest BCUT2D eigenvalue weighted by Gasteiger charge is 2.24. The average molecular weight is 312 g/mol. The number of aliphatic hydroxyl groups excluding tert-OH is 1. The quantitative estimate of drug-likeness (QED) is 0.726. The van der Waals surface area contributed by atoms with Gasteiger partial charge in [0, 0.05) is 18.8 Å². The van der Waals surface area contributed by atoms with Crippen LogP contribution >= 0.6 is 0 Å². The molecule has 1 aromatic rings. The molecule has 2 rings (SSSR count). The summed E-state index contributed by atoms with van der Waals surface area (Å²) < 4.78 is 27.1. The second kappa shape index (κ2) is 5.75. The van der Waals surface area contributed by atoms with Crippen LogP contribution in [0, 0.1) is 5.41 Å². The molecular formula is C14H20N2O4S. The maximum Gasteiger partial charge on any atom is 0.240 e. The van der Waals surface area contributed by atoms with E-state index >= 15 is 0 Å². The normalized spacial score (nSPS) is 14.9. The lowest BCUT2D eigenvalue weighted by Crippen LogP contribution is -2.34. The highest BCUT2D eigenvalue weighted by molar-refractivity contribution is 7.89. The Balaban J connectivity index is 2.14. The largest absolute Gasteiger partial charge is 0.396 e. The SMILES string of the molecule is CC(C)(CCO)CNS(=O)(=O)c1ccc2c(c1)CC(=O)N2. The molecule has 116 valence electrons. The van der Waals surface area contributed by atoms with Gasteiger partial charge in [-0.1, -0.05) is 13.8 Å². The van der Waals surface area contributed by atoms with Crippen molar-refractivity contribution in [2.24, 2.45) is 5.41 Å². The molecule has 0 aromatic heterocycles. The molecular weight excluding hydrogens is 292 g/mol. The number of nitrogens with one attached hydrogen (secondary N) is 2. The predicted molar refractivity (Wildman–Crippen MR) is 79.4 cm³/mol. The molecule has 0 saturated carbocycles. The van der Waals surface area contributed by atoms with Crippen LogP contribution < -0.4 is 10.0 Å². The molecule has 1 aliphatic heterocycles. The van der Waals surface area contributed by atoms with E-state index in [1.807, 2.05) is 13.8 Å². The molecule has 21 heavy (non-hydrogen) atoms. The fourth-order valence-electron chi connectivity index (χ4n) is 2.14. The first-order valence-electron chi connectivity index (χ1n) is 6.77. The zero-order valence-electron chi connectivity index (χ0n) is 12.1. The Hall–Kier alpha value is -1.44. The molecule has 0 atom stereocenters. The van der Waals surface area contributed by atoms with Gasteiger partial charge in [0.2, 0.25) is 15.9 Å². The lowest BCUT2D eigenvalue weighted by molar-refractivity contribution is -0.115. The van der Waals surface area contributed by atoms with Crippen molar-refractivity contribution in [3.63, 3.8) is 0 Å². The van der Waals surface area contributed by atoms with Crippen molar-refractivity contribution in [3.8, 4) is 0 Å². The van der Waals surface area contributed by atoms with Crippen molar-refractivity contribution in [3.05, 3.63) is 23.8 Å². The van der Waals surface area contributed by atoms with Crippen molar-refractivity contribution in [2.45, 2.75) is 31.6 Å². The fourth-order valence-corrected chi connectivity index (χ4v) is 3.43. The third-order valence-electron chi connectivity index (χ3n) is 3.54. The van der Waals surface area contributed by atoms with Crippen molar-refractivity contribution in [2.75, 3.05) is 18.5 Å². The molecule has 6 nitrogen and oxygen atoms in total. The summed E-state index contributed by atoms with van der Waals surface area (Å²) in [6, 6.07) is 4.61. The molecule has 0 bridgehead atoms. The van der Waals surface area contributed by atoms with Gasteiger partial charge in [-0.15, -0.1) is 0 Å². The third-order valence-corrected chi connectivity index (χ3v) is 4.94. The second-order valence-electron chi connectivity index (χ2n) is 6.01. The lowest BCUT2D eigenvalue weighted by Gasteiger charge is -2.23. The zero-order chi connectivity index (χ0) is 15.7. The van der Waals surface area contributed by atoms with Crippen LogP contribution in [0.1, 0.15) is 25.8 Å². The lowest BCUT2D eigenvalue weighted by atomic mass is 9.90. The Labute approximate surface area is 124 Å². The summed E-state index contributed by atoms with van der Waals surface area (Å²) in [5.41, 5.74) is 1.04. The van der Waals surface area contributed by atoms with E-state index in [4.69, 9.17) is 5.11 Å². The monoisotopic (exact) mass is 312 g/mol. The minimum absolute atomic E-state index is 0.0152. The minimum atomic E-state index is -3.62. The van der Waals surface area contributed by atoms with Gasteiger partial charge in [-0.25, -0.2) is 13.1 Å². The molecule has 0 spiro atoms. The molecule has 1 amide bonds. The van der Waals surface area contributed by atoms with Crippen LogP contribution in [0.5, 0.6) is 0 Å². The minimum Gasteiger partial charge on any atom is -0.396 e. The molecule has 0 aliphatic carbocycles. The molecule has 1 heterocycles. The van der Waals surface area contributed by atoms with Gasteiger partial charge in [0.15, 0.2) is 0 Å². The number of benzene rings is 1. The van der Waals surface area contributed by atoms with Gasteiger partial charge in [-0.2, -0.15) is 0 Å². The Kier molecular flexibility index (Phi) is 4.36. The van der Waals surface area contributed by atoms with E-state index < -0.39 is 10.0 Å². The first kappa shape index (κ1) is 15.9. The van der Waals surface area contributed by atoms with Crippen LogP contribution in [-0.4, -0.2) is 32.6 Å². The van der Waals surface area contributed by atoms with Crippen molar-refractivity contribution in [1.82, 2.24) is 4.72 Å². The van der Waals surface area contributed by atoms with Crippen molar-refractivity contribution < 1.29 is 18.3 Å². The molecule has 0 fully saturated rings. The Morgan fingerprint density at radius 2 is 2.10 bits per heavy atom. The number of hydrogen-bond acceptors (Lipinski definition) is 4. The number of anilines is 1. The maximum absolute atomic E-state index is 12.3. The van der Waals surface area contributed by atoms with Crippen LogP contribution in [0.2, 0.25) is 0 Å². The van der Waals surface area contributed by atoms with Crippen LogP contribution in [0.3, 0.4) is 0 Å². The highest BCUT2D eigenvalue weighted by atomic mass is 32.2. The van der Waals surface area contributed by atoms with E-state index in [-0.39, 0.29) is 35.8 Å². The summed E-state index contributed by atoms with van der Waals surface area (Å²) in [6.07, 6.45) is 0.715. The van der Waals surface area contributed by atoms with Crippen LogP contribution in [0.15, 0.2) is 23.1 Å². The van der Waals surface area contributed by atoms with Crippen molar-refractivity contribution >= 4 is 21.6 Å². The topological polar surface area (TPSA) is 95.5 Å². The number of sulfonamides is 1. The smallest absolute Gasteiger partial charge is 0.240 e. The number of hydrogen-bond donors (Lipinski definition) is 3. The van der Waals surface area contributed by atoms with Gasteiger partial charge in [0.05, 0.1) is 11.3 Å². The van der Waals surface area contributed by atoms with Crippen molar-refractivity contribution in [1.29, 1.82) is 0 Å². The van der Waals surface area contributed by atoms with Gasteiger partial charge >= 0.3 is 0 Å². The zero-order valence-corrected chi connectivity index (χ0v) is 13.0. The summed E-state index contributed by atoms with van der Waals surface area (Å²) in [6.45, 7) is 4.03. The molecule has 0 unspecified atom stereocenters. The first-order valence-corrected chi connectivity index (χ1v) is 8.25. The summed E-state index contributed by atoms with van der Waals surface area (Å²) in [7, 11) is -3.62. The Bertz CT molecular complexity index is 653. The van der Waals surface area contributed by atoms with E-state index in [0.29, 0.717) is 17.7 Å². The average Bonchev–Trinajstić information content (AvgIpc) is 2.75. The van der Waals surface area contributed by atoms with E-state index in [9.17, 15) is 13.2 Å². The molecule has 7 heteroatoms. The standard InChI is InChI=1S/C14H20N2O4S/c1-14(2,5-6-17)9-15-21(19,20)11-3-4-12-10(7-11)8-13(18)16-12/h3-4,7,15,17H,5-6,8-9H2,1-2H3,(H,16,18). The number of fused-ring (bicyclic) bond motifs is 1. The van der Waals surface area contributed by atoms with Crippen LogP contribution in [0.4, 0.5) is 5.69 Å². The van der Waals surface area contributed by atoms with Crippen LogP contribution in [-0.2, 0) is 21.2 Å². The van der Waals surface area contributed by atoms with E-state index in [1.165, 1.54) is 12.1 Å². The van der Waals surface area contributed by atoms with E-state index in [2.05, 4.69) is 10.0 Å². The summed E-state index contributed by atoms with van der Waals surface area (Å²) in [5.74, 6) is -0.128. The number of aliphatic hydroxyl groups is 1.